The average molecular weight is 257 g/mol. The van der Waals surface area contributed by atoms with Gasteiger partial charge in [-0.15, -0.1) is 0 Å². The van der Waals surface area contributed by atoms with Gasteiger partial charge >= 0.3 is 5.97 Å². The molecule has 0 aromatic carbocycles. The van der Waals surface area contributed by atoms with E-state index in [0.29, 0.717) is 32.7 Å². The molecule has 1 heterocycles. The Kier molecular flexibility index (Phi) is 6.12. The van der Waals surface area contributed by atoms with E-state index in [1.807, 2.05) is 13.8 Å². The number of carbonyl (C=O) groups is 2. The number of amides is 1. The number of methoxy groups -OCH3 is 1. The second-order valence-corrected chi connectivity index (χ2v) is 4.77. The predicted molar refractivity (Wildman–Crippen MR) is 67.0 cm³/mol. The van der Waals surface area contributed by atoms with Crippen molar-refractivity contribution < 1.29 is 19.1 Å². The highest BCUT2D eigenvalue weighted by atomic mass is 16.5. The normalized spacial score (nSPS) is 23.2. The Morgan fingerprint density at radius 3 is 2.61 bits per heavy atom. The quantitative estimate of drug-likeness (QED) is 0.527. The molecule has 0 saturated carbocycles. The van der Waals surface area contributed by atoms with E-state index in [4.69, 9.17) is 9.47 Å². The van der Waals surface area contributed by atoms with Gasteiger partial charge in [-0.05, 0) is 12.3 Å². The largest absolute Gasteiger partial charge is 0.469 e. The maximum absolute atomic E-state index is 11.9. The van der Waals surface area contributed by atoms with Gasteiger partial charge in [-0.3, -0.25) is 9.59 Å². The van der Waals surface area contributed by atoms with E-state index in [-0.39, 0.29) is 23.7 Å². The van der Waals surface area contributed by atoms with E-state index in [0.717, 1.165) is 6.42 Å². The molecule has 0 radical (unpaired) electrons. The Hall–Kier alpha value is -1.10. The monoisotopic (exact) mass is 257 g/mol. The Morgan fingerprint density at radius 2 is 2.00 bits per heavy atom. The Balaban J connectivity index is 2.35. The van der Waals surface area contributed by atoms with Crippen molar-refractivity contribution in [2.75, 3.05) is 33.4 Å². The van der Waals surface area contributed by atoms with Crippen molar-refractivity contribution in [1.82, 2.24) is 4.90 Å². The lowest BCUT2D eigenvalue weighted by Crippen LogP contribution is -2.30. The molecule has 2 atom stereocenters. The van der Waals surface area contributed by atoms with Gasteiger partial charge in [0.05, 0.1) is 26.1 Å². The zero-order chi connectivity index (χ0) is 13.5. The zero-order valence-corrected chi connectivity index (χ0v) is 11.5. The third-order valence-corrected chi connectivity index (χ3v) is 3.28. The summed E-state index contributed by atoms with van der Waals surface area (Å²) in [5, 5.41) is 0. The summed E-state index contributed by atoms with van der Waals surface area (Å²) in [7, 11) is 1.39. The highest BCUT2D eigenvalue weighted by molar-refractivity contribution is 5.79. The van der Waals surface area contributed by atoms with Gasteiger partial charge in [-0.25, -0.2) is 0 Å². The second-order valence-electron chi connectivity index (χ2n) is 4.77. The third kappa shape index (κ3) is 3.98. The summed E-state index contributed by atoms with van der Waals surface area (Å²) in [5.74, 6) is -0.183. The molecule has 0 aromatic rings. The maximum atomic E-state index is 11.9. The summed E-state index contributed by atoms with van der Waals surface area (Å²) in [6.45, 7) is 6.26. The molecule has 1 aliphatic heterocycles. The molecule has 104 valence electrons. The van der Waals surface area contributed by atoms with Crippen LogP contribution in [0.25, 0.3) is 0 Å². The van der Waals surface area contributed by atoms with Crippen LogP contribution in [0.2, 0.25) is 0 Å². The first kappa shape index (κ1) is 15.0. The third-order valence-electron chi connectivity index (χ3n) is 3.28. The lowest BCUT2D eigenvalue weighted by molar-refractivity contribution is -0.146. The number of nitrogens with zero attached hydrogens (tertiary/aromatic N) is 1. The minimum atomic E-state index is -0.222. The molecule has 1 saturated heterocycles. The van der Waals surface area contributed by atoms with Crippen LogP contribution in [0.4, 0.5) is 0 Å². The summed E-state index contributed by atoms with van der Waals surface area (Å²) in [6, 6.07) is 0. The van der Waals surface area contributed by atoms with Crippen molar-refractivity contribution >= 4 is 11.9 Å². The molecule has 5 nitrogen and oxygen atoms in total. The van der Waals surface area contributed by atoms with Gasteiger partial charge in [0.1, 0.15) is 0 Å². The van der Waals surface area contributed by atoms with Crippen molar-refractivity contribution in [3.63, 3.8) is 0 Å². The van der Waals surface area contributed by atoms with Crippen LogP contribution in [0.15, 0.2) is 0 Å². The van der Waals surface area contributed by atoms with E-state index in [1.165, 1.54) is 7.11 Å². The van der Waals surface area contributed by atoms with E-state index in [9.17, 15) is 9.59 Å². The fourth-order valence-corrected chi connectivity index (χ4v) is 2.19. The minimum absolute atomic E-state index is 0.0596. The summed E-state index contributed by atoms with van der Waals surface area (Å²) >= 11 is 0. The number of hydrogen-bond donors (Lipinski definition) is 0. The SMILES string of the molecule is CCCOCCC(=O)N1CC(C)C(C(=O)OC)C1. The molecule has 0 bridgehead atoms. The number of ether oxygens (including phenoxy) is 2. The van der Waals surface area contributed by atoms with E-state index < -0.39 is 0 Å². The van der Waals surface area contributed by atoms with E-state index in [1.54, 1.807) is 4.90 Å². The number of esters is 1. The Morgan fingerprint density at radius 1 is 1.28 bits per heavy atom. The van der Waals surface area contributed by atoms with Crippen LogP contribution in [0, 0.1) is 11.8 Å². The molecule has 1 amide bonds. The summed E-state index contributed by atoms with van der Waals surface area (Å²) in [4.78, 5) is 25.1. The van der Waals surface area contributed by atoms with Gasteiger partial charge in [-0.1, -0.05) is 13.8 Å². The van der Waals surface area contributed by atoms with Crippen LogP contribution in [-0.4, -0.2) is 50.2 Å². The fourth-order valence-electron chi connectivity index (χ4n) is 2.19. The highest BCUT2D eigenvalue weighted by Gasteiger charge is 2.37. The number of rotatable bonds is 6. The molecule has 1 aliphatic rings. The number of carbonyl (C=O) groups excluding carboxylic acids is 2. The number of hydrogen-bond acceptors (Lipinski definition) is 4. The van der Waals surface area contributed by atoms with Crippen molar-refractivity contribution in [2.45, 2.75) is 26.7 Å². The molecule has 0 N–H and O–H groups in total. The molecule has 5 heteroatoms. The summed E-state index contributed by atoms with van der Waals surface area (Å²) < 4.78 is 10.0. The van der Waals surface area contributed by atoms with Crippen molar-refractivity contribution in [3.8, 4) is 0 Å². The molecule has 0 aliphatic carbocycles. The lowest BCUT2D eigenvalue weighted by Gasteiger charge is -2.15. The second kappa shape index (κ2) is 7.36. The predicted octanol–water partition coefficient (Wildman–Crippen LogP) is 1.07. The smallest absolute Gasteiger partial charge is 0.310 e. The molecule has 1 rings (SSSR count). The van der Waals surface area contributed by atoms with Crippen LogP contribution in [0.1, 0.15) is 26.7 Å². The minimum Gasteiger partial charge on any atom is -0.469 e. The van der Waals surface area contributed by atoms with Gasteiger partial charge < -0.3 is 14.4 Å². The van der Waals surface area contributed by atoms with Crippen LogP contribution < -0.4 is 0 Å². The summed E-state index contributed by atoms with van der Waals surface area (Å²) in [5.41, 5.74) is 0. The zero-order valence-electron chi connectivity index (χ0n) is 11.5. The van der Waals surface area contributed by atoms with Crippen LogP contribution in [-0.2, 0) is 19.1 Å². The highest BCUT2D eigenvalue weighted by Crippen LogP contribution is 2.24. The average Bonchev–Trinajstić information content (AvgIpc) is 2.75. The van der Waals surface area contributed by atoms with Crippen LogP contribution in [0.3, 0.4) is 0 Å². The topological polar surface area (TPSA) is 55.8 Å². The lowest BCUT2D eigenvalue weighted by atomic mass is 9.99. The first-order valence-electron chi connectivity index (χ1n) is 6.53. The van der Waals surface area contributed by atoms with Gasteiger partial charge in [0.15, 0.2) is 0 Å². The van der Waals surface area contributed by atoms with Crippen molar-refractivity contribution in [3.05, 3.63) is 0 Å². The van der Waals surface area contributed by atoms with E-state index in [2.05, 4.69) is 0 Å². The molecule has 1 fully saturated rings. The number of likely N-dealkylation sites (tertiary alicyclic amines) is 1. The first-order chi connectivity index (χ1) is 8.60. The first-order valence-corrected chi connectivity index (χ1v) is 6.53. The maximum Gasteiger partial charge on any atom is 0.310 e. The molecule has 0 spiro atoms. The Bertz CT molecular complexity index is 293. The van der Waals surface area contributed by atoms with Crippen molar-refractivity contribution in [1.29, 1.82) is 0 Å². The van der Waals surface area contributed by atoms with Gasteiger partial charge in [-0.2, -0.15) is 0 Å². The van der Waals surface area contributed by atoms with Gasteiger partial charge in [0, 0.05) is 19.7 Å². The molecular weight excluding hydrogens is 234 g/mol. The summed E-state index contributed by atoms with van der Waals surface area (Å²) in [6.07, 6.45) is 1.35. The fraction of sp³-hybridized carbons (Fsp3) is 0.846. The van der Waals surface area contributed by atoms with Crippen LogP contribution in [0.5, 0.6) is 0 Å². The molecule has 18 heavy (non-hydrogen) atoms. The molecular formula is C13H23NO4. The van der Waals surface area contributed by atoms with E-state index >= 15 is 0 Å². The van der Waals surface area contributed by atoms with Gasteiger partial charge in [0.2, 0.25) is 5.91 Å². The van der Waals surface area contributed by atoms with Gasteiger partial charge in [0.25, 0.3) is 0 Å². The molecule has 0 aromatic heterocycles. The van der Waals surface area contributed by atoms with Crippen LogP contribution >= 0.6 is 0 Å². The Labute approximate surface area is 108 Å². The standard InChI is InChI=1S/C13H23NO4/c1-4-6-18-7-5-12(15)14-8-10(2)11(9-14)13(16)17-3/h10-11H,4-9H2,1-3H3. The molecule has 2 unspecified atom stereocenters. The van der Waals surface area contributed by atoms with Crippen molar-refractivity contribution in [2.24, 2.45) is 11.8 Å².